The van der Waals surface area contributed by atoms with Gasteiger partial charge in [0, 0.05) is 6.04 Å². The van der Waals surface area contributed by atoms with Gasteiger partial charge in [-0.15, -0.1) is 0 Å². The van der Waals surface area contributed by atoms with Crippen LogP contribution in [0, 0.1) is 0 Å². The molecular weight excluding hydrogens is 228 g/mol. The quantitative estimate of drug-likeness (QED) is 0.376. The Bertz CT molecular complexity index is 252. The monoisotopic (exact) mass is 256 g/mol. The number of hydrogen-bond acceptors (Lipinski definition) is 4. The molecule has 18 heavy (non-hydrogen) atoms. The maximum Gasteiger partial charge on any atom is 0.327 e. The first kappa shape index (κ1) is 17.1. The predicted molar refractivity (Wildman–Crippen MR) is 75.1 cm³/mol. The lowest BCUT2D eigenvalue weighted by molar-refractivity contribution is -0.148. The topological polar surface area (TPSA) is 78.3 Å². The fourth-order valence-corrected chi connectivity index (χ4v) is 1.57. The van der Waals surface area contributed by atoms with E-state index < -0.39 is 6.04 Å². The lowest BCUT2D eigenvalue weighted by Gasteiger charge is -2.15. The summed E-state index contributed by atoms with van der Waals surface area (Å²) in [6, 6.07) is -0.815. The molecular formula is C14H28N2O2. The number of carbonyl (C=O) groups excluding carboxylic acids is 1. The molecule has 0 saturated carbocycles. The summed E-state index contributed by atoms with van der Waals surface area (Å²) in [5.74, 6) is -0.380. The molecule has 0 fully saturated rings. The summed E-state index contributed by atoms with van der Waals surface area (Å²) in [5, 5.41) is 0. The minimum Gasteiger partial charge on any atom is -0.461 e. The Morgan fingerprint density at radius 3 is 2.39 bits per heavy atom. The van der Waals surface area contributed by atoms with E-state index in [4.69, 9.17) is 16.2 Å². The SMILES string of the molecule is CCCCCCC(C)OC(=O)C(N)/C=C\C(C)N. The Hall–Kier alpha value is -0.870. The van der Waals surface area contributed by atoms with Crippen LogP contribution in [0.1, 0.15) is 52.9 Å². The second kappa shape index (κ2) is 10.1. The number of hydrogen-bond donors (Lipinski definition) is 2. The smallest absolute Gasteiger partial charge is 0.327 e. The van der Waals surface area contributed by atoms with Crippen LogP contribution in [0.2, 0.25) is 0 Å². The average Bonchev–Trinajstić information content (AvgIpc) is 2.31. The molecule has 0 heterocycles. The molecule has 0 aromatic carbocycles. The number of ether oxygens (including phenoxy) is 1. The van der Waals surface area contributed by atoms with Gasteiger partial charge in [-0.2, -0.15) is 0 Å². The van der Waals surface area contributed by atoms with E-state index in [1.54, 1.807) is 12.2 Å². The summed E-state index contributed by atoms with van der Waals surface area (Å²) in [6.45, 7) is 5.91. The Kier molecular flexibility index (Phi) is 9.60. The molecule has 4 heteroatoms. The summed E-state index contributed by atoms with van der Waals surface area (Å²) in [5.41, 5.74) is 11.2. The Labute approximate surface area is 111 Å². The van der Waals surface area contributed by atoms with Gasteiger partial charge in [-0.3, -0.25) is 4.79 Å². The normalized spacial score (nSPS) is 16.5. The third kappa shape index (κ3) is 9.19. The van der Waals surface area contributed by atoms with Crippen molar-refractivity contribution in [1.29, 1.82) is 0 Å². The summed E-state index contributed by atoms with van der Waals surface area (Å²) in [6.07, 6.45) is 8.86. The number of nitrogens with two attached hydrogens (primary N) is 2. The molecule has 0 amide bonds. The molecule has 0 rings (SSSR count). The van der Waals surface area contributed by atoms with E-state index in [1.807, 2.05) is 13.8 Å². The maximum atomic E-state index is 11.6. The molecule has 0 spiro atoms. The highest BCUT2D eigenvalue weighted by atomic mass is 16.5. The molecule has 0 aliphatic rings. The van der Waals surface area contributed by atoms with Crippen molar-refractivity contribution in [3.05, 3.63) is 12.2 Å². The van der Waals surface area contributed by atoms with E-state index in [0.717, 1.165) is 12.8 Å². The van der Waals surface area contributed by atoms with Gasteiger partial charge in [-0.05, 0) is 26.7 Å². The van der Waals surface area contributed by atoms with E-state index in [1.165, 1.54) is 19.3 Å². The standard InChI is InChI=1S/C14H28N2O2/c1-4-5-6-7-8-12(3)18-14(17)13(16)10-9-11(2)15/h9-13H,4-8,15-16H2,1-3H3/b10-9-. The van der Waals surface area contributed by atoms with Crippen molar-refractivity contribution in [3.63, 3.8) is 0 Å². The van der Waals surface area contributed by atoms with Gasteiger partial charge in [0.1, 0.15) is 6.04 Å². The lowest BCUT2D eigenvalue weighted by atomic mass is 10.1. The van der Waals surface area contributed by atoms with Crippen molar-refractivity contribution in [2.45, 2.75) is 71.1 Å². The van der Waals surface area contributed by atoms with Crippen LogP contribution in [0.15, 0.2) is 12.2 Å². The fourth-order valence-electron chi connectivity index (χ4n) is 1.57. The molecule has 4 nitrogen and oxygen atoms in total. The Balaban J connectivity index is 3.84. The molecule has 3 unspecified atom stereocenters. The zero-order chi connectivity index (χ0) is 14.0. The van der Waals surface area contributed by atoms with Gasteiger partial charge >= 0.3 is 5.97 Å². The lowest BCUT2D eigenvalue weighted by Crippen LogP contribution is -2.33. The molecule has 0 aromatic rings. The molecule has 4 N–H and O–H groups in total. The van der Waals surface area contributed by atoms with Crippen LogP contribution < -0.4 is 11.5 Å². The van der Waals surface area contributed by atoms with Gasteiger partial charge in [-0.1, -0.05) is 38.3 Å². The number of rotatable bonds is 9. The van der Waals surface area contributed by atoms with Crippen molar-refractivity contribution in [2.24, 2.45) is 11.5 Å². The number of esters is 1. The zero-order valence-corrected chi connectivity index (χ0v) is 11.9. The van der Waals surface area contributed by atoms with Gasteiger partial charge < -0.3 is 16.2 Å². The molecule has 0 bridgehead atoms. The molecule has 106 valence electrons. The predicted octanol–water partition coefficient (Wildman–Crippen LogP) is 2.12. The van der Waals surface area contributed by atoms with Gasteiger partial charge in [0.25, 0.3) is 0 Å². The van der Waals surface area contributed by atoms with Crippen LogP contribution in [0.5, 0.6) is 0 Å². The first-order valence-corrected chi connectivity index (χ1v) is 6.87. The Morgan fingerprint density at radius 1 is 1.17 bits per heavy atom. The van der Waals surface area contributed by atoms with E-state index in [9.17, 15) is 4.79 Å². The van der Waals surface area contributed by atoms with E-state index in [2.05, 4.69) is 6.92 Å². The van der Waals surface area contributed by atoms with E-state index in [-0.39, 0.29) is 18.1 Å². The van der Waals surface area contributed by atoms with Gasteiger partial charge in [-0.25, -0.2) is 0 Å². The van der Waals surface area contributed by atoms with Crippen molar-refractivity contribution in [1.82, 2.24) is 0 Å². The van der Waals surface area contributed by atoms with Crippen LogP contribution in [0.3, 0.4) is 0 Å². The highest BCUT2D eigenvalue weighted by molar-refractivity contribution is 5.77. The van der Waals surface area contributed by atoms with Gasteiger partial charge in [0.05, 0.1) is 6.10 Å². The van der Waals surface area contributed by atoms with E-state index in [0.29, 0.717) is 0 Å². The van der Waals surface area contributed by atoms with Crippen LogP contribution >= 0.6 is 0 Å². The Morgan fingerprint density at radius 2 is 1.83 bits per heavy atom. The van der Waals surface area contributed by atoms with Crippen molar-refractivity contribution in [3.8, 4) is 0 Å². The van der Waals surface area contributed by atoms with Crippen LogP contribution in [0.25, 0.3) is 0 Å². The van der Waals surface area contributed by atoms with Crippen LogP contribution in [-0.2, 0) is 9.53 Å². The third-order valence-corrected chi connectivity index (χ3v) is 2.68. The number of carbonyl (C=O) groups is 1. The summed E-state index contributed by atoms with van der Waals surface area (Å²) in [4.78, 5) is 11.6. The molecule has 0 aliphatic heterocycles. The largest absolute Gasteiger partial charge is 0.461 e. The highest BCUT2D eigenvalue weighted by Crippen LogP contribution is 2.08. The molecule has 0 aliphatic carbocycles. The summed E-state index contributed by atoms with van der Waals surface area (Å²) in [7, 11) is 0. The zero-order valence-electron chi connectivity index (χ0n) is 11.9. The molecule has 0 saturated heterocycles. The average molecular weight is 256 g/mol. The summed E-state index contributed by atoms with van der Waals surface area (Å²) < 4.78 is 5.27. The minimum absolute atomic E-state index is 0.0656. The van der Waals surface area contributed by atoms with Crippen molar-refractivity contribution < 1.29 is 9.53 Å². The maximum absolute atomic E-state index is 11.6. The van der Waals surface area contributed by atoms with Crippen molar-refractivity contribution in [2.75, 3.05) is 0 Å². The first-order chi connectivity index (χ1) is 8.47. The minimum atomic E-state index is -0.714. The van der Waals surface area contributed by atoms with Crippen LogP contribution in [-0.4, -0.2) is 24.2 Å². The third-order valence-electron chi connectivity index (χ3n) is 2.68. The highest BCUT2D eigenvalue weighted by Gasteiger charge is 2.15. The second-order valence-corrected chi connectivity index (χ2v) is 4.87. The van der Waals surface area contributed by atoms with E-state index >= 15 is 0 Å². The number of unbranched alkanes of at least 4 members (excludes halogenated alkanes) is 3. The van der Waals surface area contributed by atoms with Gasteiger partial charge in [0.2, 0.25) is 0 Å². The van der Waals surface area contributed by atoms with Crippen molar-refractivity contribution >= 4 is 5.97 Å². The molecule has 3 atom stereocenters. The molecule has 0 aromatic heterocycles. The first-order valence-electron chi connectivity index (χ1n) is 6.87. The van der Waals surface area contributed by atoms with Crippen LogP contribution in [0.4, 0.5) is 0 Å². The summed E-state index contributed by atoms with van der Waals surface area (Å²) >= 11 is 0. The second-order valence-electron chi connectivity index (χ2n) is 4.87. The van der Waals surface area contributed by atoms with Gasteiger partial charge in [0.15, 0.2) is 0 Å². The fraction of sp³-hybridized carbons (Fsp3) is 0.786. The molecule has 0 radical (unpaired) electrons.